The Labute approximate surface area is 219 Å². The van der Waals surface area contributed by atoms with E-state index < -0.39 is 10.9 Å². The van der Waals surface area contributed by atoms with Gasteiger partial charge in [-0.25, -0.2) is 9.79 Å². The van der Waals surface area contributed by atoms with Crippen LogP contribution in [0.2, 0.25) is 0 Å². The molecule has 0 radical (unpaired) electrons. The molecule has 0 aromatic heterocycles. The van der Waals surface area contributed by atoms with Gasteiger partial charge in [-0.2, -0.15) is 0 Å². The number of cyclic esters (lactones) is 1. The number of methoxy groups -OCH3 is 1. The molecule has 37 heavy (non-hydrogen) atoms. The van der Waals surface area contributed by atoms with Gasteiger partial charge in [0, 0.05) is 30.3 Å². The van der Waals surface area contributed by atoms with Crippen molar-refractivity contribution in [2.45, 2.75) is 13.5 Å². The molecule has 1 aliphatic rings. The molecule has 1 N–H and O–H groups in total. The Balaban J connectivity index is 1.52. The van der Waals surface area contributed by atoms with Gasteiger partial charge in [0.05, 0.1) is 16.5 Å². The van der Waals surface area contributed by atoms with E-state index in [9.17, 15) is 19.7 Å². The van der Waals surface area contributed by atoms with Gasteiger partial charge in [0.1, 0.15) is 6.61 Å². The van der Waals surface area contributed by atoms with Crippen LogP contribution in [0.3, 0.4) is 0 Å². The molecule has 0 atom stereocenters. The van der Waals surface area contributed by atoms with Crippen molar-refractivity contribution in [2.24, 2.45) is 4.99 Å². The zero-order valence-electron chi connectivity index (χ0n) is 19.7. The lowest BCUT2D eigenvalue weighted by Crippen LogP contribution is -2.07. The summed E-state index contributed by atoms with van der Waals surface area (Å²) in [5, 5.41) is 13.5. The molecule has 4 rings (SSSR count). The smallest absolute Gasteiger partial charge is 0.363 e. The minimum absolute atomic E-state index is 0.00170. The fourth-order valence-corrected chi connectivity index (χ4v) is 4.00. The van der Waals surface area contributed by atoms with Gasteiger partial charge in [-0.1, -0.05) is 0 Å². The molecule has 10 nitrogen and oxygen atoms in total. The number of nitrogens with one attached hydrogen (secondary N) is 1. The highest BCUT2D eigenvalue weighted by molar-refractivity contribution is 9.10. The van der Waals surface area contributed by atoms with Gasteiger partial charge in [-0.05, 0) is 81.7 Å². The minimum atomic E-state index is -0.602. The van der Waals surface area contributed by atoms with Crippen LogP contribution in [0.4, 0.5) is 11.4 Å². The SMILES string of the molecule is COc1cc(/C=C2\N=C(c3ccc(NC(C)=O)cc3)OC2=O)cc(Br)c1OCc1ccc([N+](=O)[O-])cc1. The number of hydrogen-bond acceptors (Lipinski definition) is 8. The molecule has 1 aliphatic heterocycles. The van der Waals surface area contributed by atoms with E-state index in [4.69, 9.17) is 14.2 Å². The Bertz CT molecular complexity index is 1430. The maximum Gasteiger partial charge on any atom is 0.363 e. The Hall–Kier alpha value is -4.51. The van der Waals surface area contributed by atoms with Crippen LogP contribution in [0.25, 0.3) is 6.08 Å². The summed E-state index contributed by atoms with van der Waals surface area (Å²) < 4.78 is 17.3. The Morgan fingerprint density at radius 2 is 1.86 bits per heavy atom. The summed E-state index contributed by atoms with van der Waals surface area (Å²) in [6.45, 7) is 1.58. The first-order chi connectivity index (χ1) is 17.7. The molecule has 1 heterocycles. The summed E-state index contributed by atoms with van der Waals surface area (Å²) in [5.41, 5.74) is 2.66. The Kier molecular flexibility index (Phi) is 7.63. The highest BCUT2D eigenvalue weighted by Gasteiger charge is 2.24. The highest BCUT2D eigenvalue weighted by atomic mass is 79.9. The van der Waals surface area contributed by atoms with E-state index in [0.29, 0.717) is 32.8 Å². The van der Waals surface area contributed by atoms with Crippen LogP contribution in [0.15, 0.2) is 75.8 Å². The lowest BCUT2D eigenvalue weighted by atomic mass is 10.1. The molecule has 3 aromatic carbocycles. The van der Waals surface area contributed by atoms with Crippen LogP contribution < -0.4 is 14.8 Å². The van der Waals surface area contributed by atoms with Crippen molar-refractivity contribution in [3.63, 3.8) is 0 Å². The first-order valence-electron chi connectivity index (χ1n) is 10.9. The van der Waals surface area contributed by atoms with Crippen LogP contribution in [0.5, 0.6) is 11.5 Å². The number of ether oxygens (including phenoxy) is 3. The molecule has 0 saturated heterocycles. The van der Waals surface area contributed by atoms with Crippen LogP contribution in [0.1, 0.15) is 23.6 Å². The van der Waals surface area contributed by atoms with Gasteiger partial charge >= 0.3 is 5.97 Å². The third-order valence-electron chi connectivity index (χ3n) is 5.16. The number of anilines is 1. The summed E-state index contributed by atoms with van der Waals surface area (Å²) >= 11 is 3.47. The normalized spacial score (nSPS) is 13.6. The topological polar surface area (TPSA) is 129 Å². The van der Waals surface area contributed by atoms with Gasteiger partial charge in [0.2, 0.25) is 11.8 Å². The van der Waals surface area contributed by atoms with Crippen molar-refractivity contribution in [3.8, 4) is 11.5 Å². The molecular formula is C26H20BrN3O7. The molecule has 0 unspecified atom stereocenters. The molecule has 0 spiro atoms. The van der Waals surface area contributed by atoms with Crippen LogP contribution in [-0.2, 0) is 20.9 Å². The van der Waals surface area contributed by atoms with Crippen LogP contribution in [-0.4, -0.2) is 29.8 Å². The number of carbonyl (C=O) groups excluding carboxylic acids is 2. The maximum absolute atomic E-state index is 12.4. The van der Waals surface area contributed by atoms with Gasteiger partial charge in [0.25, 0.3) is 5.69 Å². The summed E-state index contributed by atoms with van der Waals surface area (Å²) in [4.78, 5) is 38.3. The zero-order chi connectivity index (χ0) is 26.5. The van der Waals surface area contributed by atoms with Gasteiger partial charge in [-0.3, -0.25) is 14.9 Å². The number of aliphatic imine (C=N–C) groups is 1. The number of rotatable bonds is 8. The summed E-state index contributed by atoms with van der Waals surface area (Å²) in [5.74, 6) is 0.203. The molecule has 11 heteroatoms. The average Bonchev–Trinajstić information content (AvgIpc) is 3.23. The summed E-state index contributed by atoms with van der Waals surface area (Å²) in [7, 11) is 1.49. The van der Waals surface area contributed by atoms with Crippen LogP contribution in [0, 0.1) is 10.1 Å². The number of amides is 1. The number of nitro benzene ring substituents is 1. The van der Waals surface area contributed by atoms with E-state index in [-0.39, 0.29) is 29.8 Å². The highest BCUT2D eigenvalue weighted by Crippen LogP contribution is 2.38. The molecule has 1 amide bonds. The van der Waals surface area contributed by atoms with Gasteiger partial charge < -0.3 is 19.5 Å². The molecule has 3 aromatic rings. The van der Waals surface area contributed by atoms with Gasteiger partial charge in [-0.15, -0.1) is 0 Å². The number of benzene rings is 3. The zero-order valence-corrected chi connectivity index (χ0v) is 21.3. The quantitative estimate of drug-likeness (QED) is 0.171. The third kappa shape index (κ3) is 6.19. The summed E-state index contributed by atoms with van der Waals surface area (Å²) in [6.07, 6.45) is 1.56. The fourth-order valence-electron chi connectivity index (χ4n) is 3.42. The average molecular weight is 566 g/mol. The minimum Gasteiger partial charge on any atom is -0.493 e. The monoisotopic (exact) mass is 565 g/mol. The number of esters is 1. The predicted octanol–water partition coefficient (Wildman–Crippen LogP) is 5.25. The Morgan fingerprint density at radius 3 is 2.49 bits per heavy atom. The predicted molar refractivity (Wildman–Crippen MR) is 139 cm³/mol. The summed E-state index contributed by atoms with van der Waals surface area (Å²) in [6, 6.07) is 16.2. The van der Waals surface area contributed by atoms with E-state index in [1.807, 2.05) is 0 Å². The standard InChI is InChI=1S/C26H20BrN3O7/c1-15(31)28-19-7-5-18(6-8-19)25-29-22(26(32)37-25)12-17-11-21(27)24(23(13-17)35-2)36-14-16-3-9-20(10-4-16)30(33)34/h3-13H,14H2,1-2H3,(H,28,31)/b22-12-. The van der Waals surface area contributed by atoms with Crippen molar-refractivity contribution < 1.29 is 28.7 Å². The number of nitro groups is 1. The van der Waals surface area contributed by atoms with E-state index >= 15 is 0 Å². The number of halogens is 1. The lowest BCUT2D eigenvalue weighted by Gasteiger charge is -2.13. The molecule has 0 bridgehead atoms. The first kappa shape index (κ1) is 25.6. The number of nitrogens with zero attached hydrogens (tertiary/aromatic N) is 2. The van der Waals surface area contributed by atoms with E-state index in [0.717, 1.165) is 5.56 Å². The molecule has 0 fully saturated rings. The lowest BCUT2D eigenvalue weighted by molar-refractivity contribution is -0.384. The van der Waals surface area contributed by atoms with E-state index in [2.05, 4.69) is 26.2 Å². The van der Waals surface area contributed by atoms with Crippen molar-refractivity contribution in [3.05, 3.63) is 97.6 Å². The van der Waals surface area contributed by atoms with E-state index in [1.165, 1.54) is 26.2 Å². The molecule has 0 saturated carbocycles. The number of carbonyl (C=O) groups is 2. The van der Waals surface area contributed by atoms with Gasteiger partial charge in [0.15, 0.2) is 17.2 Å². The van der Waals surface area contributed by atoms with Crippen molar-refractivity contribution in [1.82, 2.24) is 0 Å². The largest absolute Gasteiger partial charge is 0.493 e. The fraction of sp³-hybridized carbons (Fsp3) is 0.115. The Morgan fingerprint density at radius 1 is 1.16 bits per heavy atom. The maximum atomic E-state index is 12.4. The van der Waals surface area contributed by atoms with Crippen molar-refractivity contribution in [1.29, 1.82) is 0 Å². The van der Waals surface area contributed by atoms with Crippen LogP contribution >= 0.6 is 15.9 Å². The third-order valence-corrected chi connectivity index (χ3v) is 5.75. The molecular weight excluding hydrogens is 546 g/mol. The number of non-ortho nitro benzene ring substituents is 1. The van der Waals surface area contributed by atoms with E-state index in [1.54, 1.807) is 54.6 Å². The van der Waals surface area contributed by atoms with Crippen molar-refractivity contribution in [2.75, 3.05) is 12.4 Å². The molecule has 0 aliphatic carbocycles. The van der Waals surface area contributed by atoms with Crippen molar-refractivity contribution >= 4 is 51.2 Å². The second kappa shape index (κ2) is 11.0. The second-order valence-electron chi connectivity index (χ2n) is 7.84. The first-order valence-corrected chi connectivity index (χ1v) is 11.7. The molecule has 188 valence electrons. The number of hydrogen-bond donors (Lipinski definition) is 1. The second-order valence-corrected chi connectivity index (χ2v) is 8.70.